The maximum Gasteiger partial charge on any atom is 0.00953 e. The SMILES string of the molecule is C=C(C)CCC(NC)C1CCC(CC)CC1. The van der Waals surface area contributed by atoms with Crippen LogP contribution in [0.3, 0.4) is 0 Å². The van der Waals surface area contributed by atoms with E-state index in [1.807, 2.05) is 0 Å². The third kappa shape index (κ3) is 4.29. The van der Waals surface area contributed by atoms with Crippen LogP contribution < -0.4 is 5.32 Å². The van der Waals surface area contributed by atoms with Gasteiger partial charge in [0.05, 0.1) is 0 Å². The summed E-state index contributed by atoms with van der Waals surface area (Å²) in [7, 11) is 2.12. The molecule has 0 aromatic carbocycles. The summed E-state index contributed by atoms with van der Waals surface area (Å²) in [5.41, 5.74) is 1.32. The molecule has 1 rings (SSSR count). The monoisotopic (exact) mass is 223 g/mol. The van der Waals surface area contributed by atoms with E-state index in [0.29, 0.717) is 0 Å². The summed E-state index contributed by atoms with van der Waals surface area (Å²) in [6.07, 6.45) is 9.59. The van der Waals surface area contributed by atoms with Crippen molar-refractivity contribution < 1.29 is 0 Å². The molecular weight excluding hydrogens is 194 g/mol. The topological polar surface area (TPSA) is 12.0 Å². The van der Waals surface area contributed by atoms with E-state index in [9.17, 15) is 0 Å². The Labute approximate surface area is 102 Å². The Balaban J connectivity index is 2.33. The summed E-state index contributed by atoms with van der Waals surface area (Å²) < 4.78 is 0. The van der Waals surface area contributed by atoms with Gasteiger partial charge in [-0.25, -0.2) is 0 Å². The van der Waals surface area contributed by atoms with Crippen LogP contribution in [0.5, 0.6) is 0 Å². The highest BCUT2D eigenvalue weighted by Gasteiger charge is 2.25. The zero-order valence-electron chi connectivity index (χ0n) is 11.4. The summed E-state index contributed by atoms with van der Waals surface area (Å²) in [5.74, 6) is 1.92. The number of hydrogen-bond acceptors (Lipinski definition) is 1. The number of rotatable bonds is 6. The van der Waals surface area contributed by atoms with Gasteiger partial charge in [-0.2, -0.15) is 0 Å². The highest BCUT2D eigenvalue weighted by molar-refractivity contribution is 4.91. The van der Waals surface area contributed by atoms with Crippen molar-refractivity contribution in [2.45, 2.75) is 64.8 Å². The zero-order valence-corrected chi connectivity index (χ0v) is 11.4. The van der Waals surface area contributed by atoms with Gasteiger partial charge < -0.3 is 5.32 Å². The molecule has 0 spiro atoms. The first kappa shape index (κ1) is 13.8. The molecule has 0 amide bonds. The van der Waals surface area contributed by atoms with Crippen LogP contribution in [-0.2, 0) is 0 Å². The van der Waals surface area contributed by atoms with Gasteiger partial charge >= 0.3 is 0 Å². The van der Waals surface area contributed by atoms with E-state index in [1.165, 1.54) is 50.5 Å². The zero-order chi connectivity index (χ0) is 12.0. The normalized spacial score (nSPS) is 27.7. The van der Waals surface area contributed by atoms with Crippen molar-refractivity contribution in [1.82, 2.24) is 5.32 Å². The molecule has 0 aliphatic heterocycles. The highest BCUT2D eigenvalue weighted by Crippen LogP contribution is 2.33. The first-order valence-corrected chi connectivity index (χ1v) is 6.99. The van der Waals surface area contributed by atoms with Crippen molar-refractivity contribution >= 4 is 0 Å². The van der Waals surface area contributed by atoms with Gasteiger partial charge in [-0.1, -0.05) is 31.8 Å². The third-order valence-electron chi connectivity index (χ3n) is 4.29. The van der Waals surface area contributed by atoms with Gasteiger partial charge in [-0.15, -0.1) is 6.58 Å². The van der Waals surface area contributed by atoms with Crippen LogP contribution in [0.4, 0.5) is 0 Å². The standard InChI is InChI=1S/C15H29N/c1-5-13-7-9-14(10-8-13)15(16-4)11-6-12(2)3/h13-16H,2,5-11H2,1,3-4H3. The van der Waals surface area contributed by atoms with Crippen molar-refractivity contribution in [2.75, 3.05) is 7.05 Å². The molecule has 0 saturated heterocycles. The van der Waals surface area contributed by atoms with Crippen LogP contribution in [0, 0.1) is 11.8 Å². The highest BCUT2D eigenvalue weighted by atomic mass is 14.9. The minimum absolute atomic E-state index is 0.717. The van der Waals surface area contributed by atoms with Crippen molar-refractivity contribution in [1.29, 1.82) is 0 Å². The molecule has 0 bridgehead atoms. The molecule has 1 fully saturated rings. The quantitative estimate of drug-likeness (QED) is 0.667. The Morgan fingerprint density at radius 3 is 2.38 bits per heavy atom. The molecule has 94 valence electrons. The predicted molar refractivity (Wildman–Crippen MR) is 72.6 cm³/mol. The van der Waals surface area contributed by atoms with Gasteiger partial charge in [0.25, 0.3) is 0 Å². The molecule has 1 saturated carbocycles. The number of allylic oxidation sites excluding steroid dienone is 1. The maximum atomic E-state index is 4.00. The van der Waals surface area contributed by atoms with Crippen LogP contribution in [0.15, 0.2) is 12.2 Å². The van der Waals surface area contributed by atoms with E-state index in [0.717, 1.165) is 17.9 Å². The first-order chi connectivity index (χ1) is 7.67. The molecule has 0 aromatic heterocycles. The summed E-state index contributed by atoms with van der Waals surface area (Å²) in [6, 6.07) is 0.717. The molecule has 1 N–H and O–H groups in total. The Hall–Kier alpha value is -0.300. The van der Waals surface area contributed by atoms with Crippen LogP contribution in [0.25, 0.3) is 0 Å². The first-order valence-electron chi connectivity index (χ1n) is 6.99. The van der Waals surface area contributed by atoms with Crippen molar-refractivity contribution in [3.63, 3.8) is 0 Å². The molecular formula is C15H29N. The molecule has 0 heterocycles. The van der Waals surface area contributed by atoms with Crippen LogP contribution >= 0.6 is 0 Å². The van der Waals surface area contributed by atoms with Crippen molar-refractivity contribution in [3.05, 3.63) is 12.2 Å². The predicted octanol–water partition coefficient (Wildman–Crippen LogP) is 4.15. The summed E-state index contributed by atoms with van der Waals surface area (Å²) >= 11 is 0. The largest absolute Gasteiger partial charge is 0.317 e. The van der Waals surface area contributed by atoms with Gasteiger partial charge in [-0.3, -0.25) is 0 Å². The van der Waals surface area contributed by atoms with Crippen LogP contribution in [0.1, 0.15) is 58.8 Å². The minimum Gasteiger partial charge on any atom is -0.317 e. The lowest BCUT2D eigenvalue weighted by molar-refractivity contribution is 0.216. The lowest BCUT2D eigenvalue weighted by atomic mass is 9.76. The molecule has 0 radical (unpaired) electrons. The fourth-order valence-electron chi connectivity index (χ4n) is 3.02. The van der Waals surface area contributed by atoms with E-state index >= 15 is 0 Å². The van der Waals surface area contributed by atoms with Gasteiger partial charge in [-0.05, 0) is 51.5 Å². The fourth-order valence-corrected chi connectivity index (χ4v) is 3.02. The van der Waals surface area contributed by atoms with E-state index in [4.69, 9.17) is 0 Å². The van der Waals surface area contributed by atoms with Crippen LogP contribution in [-0.4, -0.2) is 13.1 Å². The molecule has 1 nitrogen and oxygen atoms in total. The van der Waals surface area contributed by atoms with E-state index in [-0.39, 0.29) is 0 Å². The maximum absolute atomic E-state index is 4.00. The van der Waals surface area contributed by atoms with Gasteiger partial charge in [0.1, 0.15) is 0 Å². The molecule has 16 heavy (non-hydrogen) atoms. The van der Waals surface area contributed by atoms with Gasteiger partial charge in [0.15, 0.2) is 0 Å². The second-order valence-corrected chi connectivity index (χ2v) is 5.58. The average Bonchev–Trinajstić information content (AvgIpc) is 2.30. The molecule has 1 heteroatoms. The Morgan fingerprint density at radius 1 is 1.31 bits per heavy atom. The molecule has 0 aromatic rings. The van der Waals surface area contributed by atoms with E-state index < -0.39 is 0 Å². The van der Waals surface area contributed by atoms with E-state index in [2.05, 4.69) is 32.8 Å². The second-order valence-electron chi connectivity index (χ2n) is 5.58. The number of nitrogens with one attached hydrogen (secondary N) is 1. The average molecular weight is 223 g/mol. The lowest BCUT2D eigenvalue weighted by Crippen LogP contribution is -2.35. The molecule has 1 unspecified atom stereocenters. The van der Waals surface area contributed by atoms with Crippen molar-refractivity contribution in [3.8, 4) is 0 Å². The summed E-state index contributed by atoms with van der Waals surface area (Å²) in [5, 5.41) is 3.52. The Bertz CT molecular complexity index is 201. The molecule has 1 aliphatic carbocycles. The van der Waals surface area contributed by atoms with Gasteiger partial charge in [0, 0.05) is 6.04 Å². The van der Waals surface area contributed by atoms with Gasteiger partial charge in [0.2, 0.25) is 0 Å². The molecule has 1 aliphatic rings. The number of hydrogen-bond donors (Lipinski definition) is 1. The fraction of sp³-hybridized carbons (Fsp3) is 0.867. The minimum atomic E-state index is 0.717. The smallest absolute Gasteiger partial charge is 0.00953 e. The summed E-state index contributed by atoms with van der Waals surface area (Å²) in [4.78, 5) is 0. The third-order valence-corrected chi connectivity index (χ3v) is 4.29. The Morgan fingerprint density at radius 2 is 1.94 bits per heavy atom. The van der Waals surface area contributed by atoms with E-state index in [1.54, 1.807) is 0 Å². The summed E-state index contributed by atoms with van der Waals surface area (Å²) in [6.45, 7) is 8.48. The Kier molecular flexibility index (Phi) is 6.12. The van der Waals surface area contributed by atoms with Crippen molar-refractivity contribution in [2.24, 2.45) is 11.8 Å². The molecule has 1 atom stereocenters. The van der Waals surface area contributed by atoms with Crippen LogP contribution in [0.2, 0.25) is 0 Å². The second kappa shape index (κ2) is 7.11. The lowest BCUT2D eigenvalue weighted by Gasteiger charge is -2.33.